The average Bonchev–Trinajstić information content (AvgIpc) is 2.53. The fourth-order valence-corrected chi connectivity index (χ4v) is 2.32. The maximum atomic E-state index is 10.4. The van der Waals surface area contributed by atoms with E-state index >= 15 is 0 Å². The molecule has 0 saturated heterocycles. The fourth-order valence-electron chi connectivity index (χ4n) is 2.32. The van der Waals surface area contributed by atoms with E-state index < -0.39 is 25.6 Å². The normalized spacial score (nSPS) is 18.1. The maximum Gasteiger partial charge on any atom is 0.303 e. The molecule has 0 radical (unpaired) electrons. The number of carboxylic acids is 1. The molecule has 0 bridgehead atoms. The van der Waals surface area contributed by atoms with Gasteiger partial charge in [0.05, 0.1) is 0 Å². The molecular formula is C18H36O2. The molecule has 2 heteroatoms. The van der Waals surface area contributed by atoms with Crippen LogP contribution in [0.1, 0.15) is 119 Å². The highest BCUT2D eigenvalue weighted by molar-refractivity contribution is 5.66. The minimum absolute atomic E-state index is 0.0692. The van der Waals surface area contributed by atoms with Crippen LogP contribution in [0.15, 0.2) is 0 Å². The zero-order chi connectivity index (χ0) is 21.0. The zero-order valence-electron chi connectivity index (χ0n) is 19.8. The van der Waals surface area contributed by atoms with Gasteiger partial charge in [-0.3, -0.25) is 4.79 Å². The lowest BCUT2D eigenvalue weighted by molar-refractivity contribution is -0.137. The lowest BCUT2D eigenvalue weighted by atomic mass is 10.0. The van der Waals surface area contributed by atoms with Gasteiger partial charge >= 0.3 is 5.97 Å². The SMILES string of the molecule is [2H]C([2H])([2H])C([2H])([2H])C([2H])([2H])CCCCCCCCCCCCCCC(=O)O. The summed E-state index contributed by atoms with van der Waals surface area (Å²) < 4.78 is 52.2. The Balaban J connectivity index is 3.56. The monoisotopic (exact) mass is 291 g/mol. The van der Waals surface area contributed by atoms with Crippen LogP contribution >= 0.6 is 0 Å². The number of aliphatic carboxylic acids is 1. The van der Waals surface area contributed by atoms with E-state index in [4.69, 9.17) is 14.7 Å². The molecule has 0 aromatic heterocycles. The van der Waals surface area contributed by atoms with E-state index in [0.29, 0.717) is 6.42 Å². The van der Waals surface area contributed by atoms with E-state index in [0.717, 1.165) is 57.8 Å². The Morgan fingerprint density at radius 1 is 0.800 bits per heavy atom. The molecule has 0 aliphatic heterocycles. The van der Waals surface area contributed by atoms with Crippen LogP contribution < -0.4 is 0 Å². The molecule has 0 fully saturated rings. The lowest BCUT2D eigenvalue weighted by Gasteiger charge is -2.03. The van der Waals surface area contributed by atoms with Gasteiger partial charge in [0, 0.05) is 16.0 Å². The van der Waals surface area contributed by atoms with Crippen molar-refractivity contribution >= 4 is 5.97 Å². The van der Waals surface area contributed by atoms with Gasteiger partial charge in [0.2, 0.25) is 0 Å². The van der Waals surface area contributed by atoms with Crippen molar-refractivity contribution in [2.24, 2.45) is 0 Å². The fraction of sp³-hybridized carbons (Fsp3) is 0.944. The van der Waals surface area contributed by atoms with E-state index in [-0.39, 0.29) is 12.8 Å². The molecule has 0 aliphatic rings. The van der Waals surface area contributed by atoms with Gasteiger partial charge in [0.25, 0.3) is 0 Å². The predicted molar refractivity (Wildman–Crippen MR) is 87.2 cm³/mol. The number of carbonyl (C=O) groups is 1. The summed E-state index contributed by atoms with van der Waals surface area (Å²) >= 11 is 0. The zero-order valence-corrected chi connectivity index (χ0v) is 12.8. The summed E-state index contributed by atoms with van der Waals surface area (Å²) in [6.45, 7) is -2.95. The second-order valence-electron chi connectivity index (χ2n) is 5.44. The molecule has 120 valence electrons. The molecule has 2 nitrogen and oxygen atoms in total. The van der Waals surface area contributed by atoms with Gasteiger partial charge in [-0.15, -0.1) is 0 Å². The standard InChI is InChI=1S/C18H36O2/c1-2-3-4-5-6-7-8-9-10-11-12-13-14-15-16-17-18(19)20/h2-17H2,1H3,(H,19,20)/i1D3,2D2,3D2. The summed E-state index contributed by atoms with van der Waals surface area (Å²) in [5, 5.41) is 8.54. The molecule has 0 aliphatic carbocycles. The highest BCUT2D eigenvalue weighted by Gasteiger charge is 1.97. The third-order valence-corrected chi connectivity index (χ3v) is 3.53. The lowest BCUT2D eigenvalue weighted by Crippen LogP contribution is -1.93. The average molecular weight is 292 g/mol. The summed E-state index contributed by atoms with van der Waals surface area (Å²) in [7, 11) is 0. The third kappa shape index (κ3) is 17.5. The van der Waals surface area contributed by atoms with Gasteiger partial charge in [0.15, 0.2) is 0 Å². The second kappa shape index (κ2) is 16.5. The Bertz CT molecular complexity index is 409. The molecule has 0 saturated carbocycles. The van der Waals surface area contributed by atoms with Gasteiger partial charge in [-0.1, -0.05) is 96.6 Å². The molecule has 0 heterocycles. The van der Waals surface area contributed by atoms with E-state index in [1.807, 2.05) is 0 Å². The van der Waals surface area contributed by atoms with Crippen LogP contribution in [0.5, 0.6) is 0 Å². The van der Waals surface area contributed by atoms with Crippen molar-refractivity contribution in [1.29, 1.82) is 0 Å². The van der Waals surface area contributed by atoms with Gasteiger partial charge in [-0.2, -0.15) is 0 Å². The predicted octanol–water partition coefficient (Wildman–Crippen LogP) is 6.33. The largest absolute Gasteiger partial charge is 0.481 e. The number of rotatable bonds is 16. The Morgan fingerprint density at radius 2 is 1.20 bits per heavy atom. The third-order valence-electron chi connectivity index (χ3n) is 3.53. The van der Waals surface area contributed by atoms with E-state index in [9.17, 15) is 4.79 Å². The summed E-state index contributed by atoms with van der Waals surface area (Å²) in [4.78, 5) is 10.4. The van der Waals surface area contributed by atoms with E-state index in [1.165, 1.54) is 12.8 Å². The highest BCUT2D eigenvalue weighted by atomic mass is 16.4. The first-order valence-electron chi connectivity index (χ1n) is 11.6. The van der Waals surface area contributed by atoms with Crippen molar-refractivity contribution in [3.63, 3.8) is 0 Å². The molecule has 0 aromatic rings. The van der Waals surface area contributed by atoms with Crippen LogP contribution in [0.25, 0.3) is 0 Å². The van der Waals surface area contributed by atoms with Crippen molar-refractivity contribution < 1.29 is 19.5 Å². The quantitative estimate of drug-likeness (QED) is 0.337. The van der Waals surface area contributed by atoms with Gasteiger partial charge < -0.3 is 5.11 Å². The van der Waals surface area contributed by atoms with Crippen LogP contribution in [0.4, 0.5) is 0 Å². The number of unbranched alkanes of at least 4 members (excludes halogenated alkanes) is 11. The molecule has 0 atom stereocenters. The molecule has 1 N–H and O–H groups in total. The number of carboxylic acid groups (broad SMARTS) is 1. The Labute approximate surface area is 136 Å². The minimum atomic E-state index is -2.95. The molecular weight excluding hydrogens is 248 g/mol. The topological polar surface area (TPSA) is 37.3 Å². The first kappa shape index (κ1) is 10.2. The molecule has 0 aromatic carbocycles. The summed E-state index contributed by atoms with van der Waals surface area (Å²) in [6, 6.07) is 0. The molecule has 0 rings (SSSR count). The molecule has 20 heavy (non-hydrogen) atoms. The Morgan fingerprint density at radius 3 is 1.60 bits per heavy atom. The molecule has 0 amide bonds. The van der Waals surface area contributed by atoms with Crippen LogP contribution in [0.2, 0.25) is 0 Å². The van der Waals surface area contributed by atoms with Gasteiger partial charge in [-0.25, -0.2) is 0 Å². The first-order valence-corrected chi connectivity index (χ1v) is 8.13. The van der Waals surface area contributed by atoms with Crippen molar-refractivity contribution in [3.8, 4) is 0 Å². The van der Waals surface area contributed by atoms with Crippen LogP contribution in [-0.4, -0.2) is 11.1 Å². The summed E-state index contributed by atoms with van der Waals surface area (Å²) in [5.74, 6) is -0.720. The van der Waals surface area contributed by atoms with Gasteiger partial charge in [0.1, 0.15) is 0 Å². The van der Waals surface area contributed by atoms with E-state index in [2.05, 4.69) is 0 Å². The van der Waals surface area contributed by atoms with Crippen LogP contribution in [-0.2, 0) is 4.79 Å². The molecule has 0 spiro atoms. The summed E-state index contributed by atoms with van der Waals surface area (Å²) in [6.07, 6.45) is 6.99. The van der Waals surface area contributed by atoms with Crippen molar-refractivity contribution in [2.45, 2.75) is 109 Å². The Kier molecular flexibility index (Phi) is 8.46. The smallest absolute Gasteiger partial charge is 0.303 e. The number of hydrogen-bond acceptors (Lipinski definition) is 1. The van der Waals surface area contributed by atoms with E-state index in [1.54, 1.807) is 0 Å². The second-order valence-corrected chi connectivity index (χ2v) is 5.44. The first-order chi connectivity index (χ1) is 12.4. The molecule has 0 unspecified atom stereocenters. The number of hydrogen-bond donors (Lipinski definition) is 1. The van der Waals surface area contributed by atoms with Crippen LogP contribution in [0, 0.1) is 0 Å². The minimum Gasteiger partial charge on any atom is -0.481 e. The van der Waals surface area contributed by atoms with Gasteiger partial charge in [-0.05, 0) is 6.42 Å². The van der Waals surface area contributed by atoms with Crippen LogP contribution in [0.3, 0.4) is 0 Å². The van der Waals surface area contributed by atoms with Crippen molar-refractivity contribution in [1.82, 2.24) is 0 Å². The van der Waals surface area contributed by atoms with Crippen molar-refractivity contribution in [3.05, 3.63) is 0 Å². The summed E-state index contributed by atoms with van der Waals surface area (Å²) in [5.41, 5.74) is 0. The highest BCUT2D eigenvalue weighted by Crippen LogP contribution is 2.13. The van der Waals surface area contributed by atoms with Crippen molar-refractivity contribution in [2.75, 3.05) is 0 Å². The maximum absolute atomic E-state index is 10.4. The Hall–Kier alpha value is -0.530.